The van der Waals surface area contributed by atoms with Crippen molar-refractivity contribution in [3.05, 3.63) is 72.8 Å². The summed E-state index contributed by atoms with van der Waals surface area (Å²) in [6, 6.07) is 19.2. The van der Waals surface area contributed by atoms with Gasteiger partial charge in [0.05, 0.1) is 5.69 Å². The lowest BCUT2D eigenvalue weighted by Gasteiger charge is -2.34. The molecule has 1 saturated heterocycles. The van der Waals surface area contributed by atoms with Gasteiger partial charge in [-0.05, 0) is 24.3 Å². The number of hydrogen-bond acceptors (Lipinski definition) is 7. The molecule has 32 heavy (non-hydrogen) atoms. The molecule has 0 saturated carbocycles. The average molecular weight is 425 g/mol. The normalized spacial score (nSPS) is 14.4. The lowest BCUT2D eigenvalue weighted by atomic mass is 10.2. The van der Waals surface area contributed by atoms with Crippen LogP contribution in [0.2, 0.25) is 0 Å². The van der Waals surface area contributed by atoms with Crippen LogP contribution in [0.3, 0.4) is 0 Å². The summed E-state index contributed by atoms with van der Waals surface area (Å²) in [5.74, 6) is 1.01. The van der Waals surface area contributed by atoms with Gasteiger partial charge in [0.15, 0.2) is 22.7 Å². The van der Waals surface area contributed by atoms with Gasteiger partial charge in [0, 0.05) is 31.6 Å². The van der Waals surface area contributed by atoms with E-state index < -0.39 is 0 Å². The number of anilines is 1. The average Bonchev–Trinajstić information content (AvgIpc) is 3.49. The number of rotatable bonds is 3. The standard InChI is InChI=1S/C23H19N7O2/c31-23(19-14-16-6-4-5-9-18(16)32-19)29-12-10-28(11-13-29)21-20-22(25-15-24-21)30(27-26-20)17-7-2-1-3-8-17/h1-9,14-15H,10-13H2. The van der Waals surface area contributed by atoms with Crippen LogP contribution in [0.15, 0.2) is 71.4 Å². The highest BCUT2D eigenvalue weighted by molar-refractivity contribution is 5.96. The van der Waals surface area contributed by atoms with E-state index in [-0.39, 0.29) is 5.91 Å². The van der Waals surface area contributed by atoms with Crippen LogP contribution in [-0.2, 0) is 0 Å². The second kappa shape index (κ2) is 7.45. The van der Waals surface area contributed by atoms with E-state index >= 15 is 0 Å². The Balaban J connectivity index is 1.22. The summed E-state index contributed by atoms with van der Waals surface area (Å²) in [6.45, 7) is 2.40. The monoisotopic (exact) mass is 425 g/mol. The zero-order valence-corrected chi connectivity index (χ0v) is 17.1. The summed E-state index contributed by atoms with van der Waals surface area (Å²) in [7, 11) is 0. The third kappa shape index (κ3) is 3.06. The van der Waals surface area contributed by atoms with Crippen molar-refractivity contribution >= 4 is 33.9 Å². The molecule has 1 amide bonds. The Kier molecular flexibility index (Phi) is 4.31. The topological polar surface area (TPSA) is 93.2 Å². The first-order valence-corrected chi connectivity index (χ1v) is 10.4. The molecule has 0 radical (unpaired) electrons. The van der Waals surface area contributed by atoms with Gasteiger partial charge in [-0.3, -0.25) is 4.79 Å². The number of benzene rings is 2. The van der Waals surface area contributed by atoms with Crippen LogP contribution in [0.5, 0.6) is 0 Å². The van der Waals surface area contributed by atoms with Gasteiger partial charge in [0.25, 0.3) is 5.91 Å². The molecular formula is C23H19N7O2. The van der Waals surface area contributed by atoms with E-state index in [1.165, 1.54) is 6.33 Å². The molecule has 0 aliphatic carbocycles. The first-order chi connectivity index (χ1) is 15.8. The first kappa shape index (κ1) is 18.5. The molecule has 9 heteroatoms. The van der Waals surface area contributed by atoms with Gasteiger partial charge in [-0.15, -0.1) is 5.10 Å². The van der Waals surface area contributed by atoms with Crippen molar-refractivity contribution in [3.8, 4) is 5.69 Å². The summed E-state index contributed by atoms with van der Waals surface area (Å²) in [4.78, 5) is 25.8. The van der Waals surface area contributed by atoms with E-state index in [0.29, 0.717) is 43.1 Å². The number of fused-ring (bicyclic) bond motifs is 2. The number of carbonyl (C=O) groups is 1. The highest BCUT2D eigenvalue weighted by Gasteiger charge is 2.27. The molecule has 3 aromatic heterocycles. The minimum Gasteiger partial charge on any atom is -0.451 e. The van der Waals surface area contributed by atoms with Crippen molar-refractivity contribution in [1.82, 2.24) is 29.9 Å². The van der Waals surface area contributed by atoms with E-state index in [0.717, 1.165) is 22.5 Å². The van der Waals surface area contributed by atoms with Crippen LogP contribution >= 0.6 is 0 Å². The summed E-state index contributed by atoms with van der Waals surface area (Å²) in [5.41, 5.74) is 2.91. The fourth-order valence-corrected chi connectivity index (χ4v) is 4.08. The van der Waals surface area contributed by atoms with Crippen molar-refractivity contribution in [3.63, 3.8) is 0 Å². The number of furan rings is 1. The molecule has 1 fully saturated rings. The van der Waals surface area contributed by atoms with Gasteiger partial charge in [-0.25, -0.2) is 9.97 Å². The fourth-order valence-electron chi connectivity index (χ4n) is 4.08. The van der Waals surface area contributed by atoms with Gasteiger partial charge in [-0.1, -0.05) is 41.6 Å². The molecule has 1 aliphatic heterocycles. The number of nitrogens with zero attached hydrogens (tertiary/aromatic N) is 7. The first-order valence-electron chi connectivity index (χ1n) is 10.4. The Hall–Kier alpha value is -4.27. The number of carbonyl (C=O) groups excluding carboxylic acids is 1. The summed E-state index contributed by atoms with van der Waals surface area (Å²) in [6.07, 6.45) is 1.53. The lowest BCUT2D eigenvalue weighted by molar-refractivity contribution is 0.0717. The molecule has 2 aromatic carbocycles. The number of amides is 1. The van der Waals surface area contributed by atoms with E-state index in [4.69, 9.17) is 4.42 Å². The minimum atomic E-state index is -0.0938. The molecule has 0 spiro atoms. The number of piperazine rings is 1. The van der Waals surface area contributed by atoms with Crippen LogP contribution in [-0.4, -0.2) is 61.9 Å². The summed E-state index contributed by atoms with van der Waals surface area (Å²) >= 11 is 0. The Morgan fingerprint density at radius 3 is 2.50 bits per heavy atom. The molecule has 0 atom stereocenters. The van der Waals surface area contributed by atoms with E-state index in [9.17, 15) is 4.79 Å². The maximum absolute atomic E-state index is 12.9. The third-order valence-corrected chi connectivity index (χ3v) is 5.72. The molecule has 9 nitrogen and oxygen atoms in total. The largest absolute Gasteiger partial charge is 0.451 e. The predicted octanol–water partition coefficient (Wildman–Crippen LogP) is 2.92. The van der Waals surface area contributed by atoms with Crippen LogP contribution in [0, 0.1) is 0 Å². The van der Waals surface area contributed by atoms with Crippen molar-refractivity contribution < 1.29 is 9.21 Å². The van der Waals surface area contributed by atoms with Gasteiger partial charge in [-0.2, -0.15) is 4.68 Å². The van der Waals surface area contributed by atoms with Crippen molar-refractivity contribution in [2.45, 2.75) is 0 Å². The summed E-state index contributed by atoms with van der Waals surface area (Å²) < 4.78 is 7.46. The molecule has 1 aliphatic rings. The fraction of sp³-hybridized carbons (Fsp3) is 0.174. The van der Waals surface area contributed by atoms with E-state index in [2.05, 4.69) is 25.2 Å². The lowest BCUT2D eigenvalue weighted by Crippen LogP contribution is -2.49. The van der Waals surface area contributed by atoms with Crippen LogP contribution in [0.1, 0.15) is 10.6 Å². The second-order valence-corrected chi connectivity index (χ2v) is 7.63. The molecular weight excluding hydrogens is 406 g/mol. The summed E-state index contributed by atoms with van der Waals surface area (Å²) in [5, 5.41) is 9.56. The molecule has 0 bridgehead atoms. The molecule has 5 aromatic rings. The van der Waals surface area contributed by atoms with Crippen LogP contribution in [0.4, 0.5) is 5.82 Å². The van der Waals surface area contributed by atoms with E-state index in [1.54, 1.807) is 10.7 Å². The van der Waals surface area contributed by atoms with Gasteiger partial charge in [0.2, 0.25) is 0 Å². The predicted molar refractivity (Wildman–Crippen MR) is 119 cm³/mol. The molecule has 0 N–H and O–H groups in total. The molecule has 6 rings (SSSR count). The van der Waals surface area contributed by atoms with Gasteiger partial charge >= 0.3 is 0 Å². The SMILES string of the molecule is O=C(c1cc2ccccc2o1)N1CCN(c2ncnc3c2nnn3-c2ccccc2)CC1. The Labute approximate surface area is 182 Å². The maximum atomic E-state index is 12.9. The second-order valence-electron chi connectivity index (χ2n) is 7.63. The van der Waals surface area contributed by atoms with Crippen molar-refractivity contribution in [1.29, 1.82) is 0 Å². The van der Waals surface area contributed by atoms with Crippen molar-refractivity contribution in [2.24, 2.45) is 0 Å². The molecule has 0 unspecified atom stereocenters. The zero-order valence-electron chi connectivity index (χ0n) is 17.1. The quantitative estimate of drug-likeness (QED) is 0.439. The zero-order chi connectivity index (χ0) is 21.5. The van der Waals surface area contributed by atoms with Gasteiger partial charge in [0.1, 0.15) is 11.9 Å². The maximum Gasteiger partial charge on any atom is 0.289 e. The van der Waals surface area contributed by atoms with Gasteiger partial charge < -0.3 is 14.2 Å². The number of para-hydroxylation sites is 2. The highest BCUT2D eigenvalue weighted by Crippen LogP contribution is 2.25. The number of hydrogen-bond donors (Lipinski definition) is 0. The van der Waals surface area contributed by atoms with Crippen LogP contribution in [0.25, 0.3) is 27.8 Å². The van der Waals surface area contributed by atoms with Crippen LogP contribution < -0.4 is 4.90 Å². The molecule has 158 valence electrons. The Morgan fingerprint density at radius 1 is 0.906 bits per heavy atom. The molecule has 4 heterocycles. The Morgan fingerprint density at radius 2 is 1.69 bits per heavy atom. The minimum absolute atomic E-state index is 0.0938. The smallest absolute Gasteiger partial charge is 0.289 e. The van der Waals surface area contributed by atoms with E-state index in [1.807, 2.05) is 59.5 Å². The van der Waals surface area contributed by atoms with Crippen molar-refractivity contribution in [2.75, 3.05) is 31.1 Å². The third-order valence-electron chi connectivity index (χ3n) is 5.72. The highest BCUT2D eigenvalue weighted by atomic mass is 16.3. The Bertz CT molecular complexity index is 1390. The number of aromatic nitrogens is 5.